The van der Waals surface area contributed by atoms with Crippen LogP contribution in [-0.2, 0) is 4.74 Å². The van der Waals surface area contributed by atoms with Crippen LogP contribution in [0.4, 0.5) is 4.79 Å². The van der Waals surface area contributed by atoms with Crippen molar-refractivity contribution in [1.29, 1.82) is 0 Å². The van der Waals surface area contributed by atoms with Crippen molar-refractivity contribution in [3.05, 3.63) is 0 Å². The molecule has 0 radical (unpaired) electrons. The topological polar surface area (TPSA) is 41.6 Å². The van der Waals surface area contributed by atoms with Gasteiger partial charge in [0.2, 0.25) is 0 Å². The quantitative estimate of drug-likeness (QED) is 0.798. The molecular formula is C12H24N2O2. The summed E-state index contributed by atoms with van der Waals surface area (Å²) in [6, 6.07) is 0. The van der Waals surface area contributed by atoms with E-state index in [1.54, 1.807) is 0 Å². The van der Waals surface area contributed by atoms with Crippen molar-refractivity contribution in [3.63, 3.8) is 0 Å². The SMILES string of the molecule is CCC(C)OC(=O)N1CCC(CNC)CC1. The molecule has 0 aromatic heterocycles. The highest BCUT2D eigenvalue weighted by Gasteiger charge is 2.23. The highest BCUT2D eigenvalue weighted by atomic mass is 16.6. The van der Waals surface area contributed by atoms with E-state index in [0.717, 1.165) is 38.9 Å². The third-order valence-corrected chi connectivity index (χ3v) is 3.24. The van der Waals surface area contributed by atoms with Gasteiger partial charge in [0, 0.05) is 13.1 Å². The van der Waals surface area contributed by atoms with Gasteiger partial charge in [-0.1, -0.05) is 6.92 Å². The summed E-state index contributed by atoms with van der Waals surface area (Å²) in [5.74, 6) is 0.706. The fourth-order valence-electron chi connectivity index (χ4n) is 1.94. The molecule has 0 saturated carbocycles. The van der Waals surface area contributed by atoms with E-state index >= 15 is 0 Å². The van der Waals surface area contributed by atoms with Gasteiger partial charge < -0.3 is 15.0 Å². The number of hydrogen-bond acceptors (Lipinski definition) is 3. The van der Waals surface area contributed by atoms with Gasteiger partial charge in [-0.3, -0.25) is 0 Å². The number of carbonyl (C=O) groups is 1. The number of nitrogens with one attached hydrogen (secondary N) is 1. The molecule has 1 heterocycles. The Morgan fingerprint density at radius 1 is 1.50 bits per heavy atom. The summed E-state index contributed by atoms with van der Waals surface area (Å²) >= 11 is 0. The first-order chi connectivity index (χ1) is 7.67. The lowest BCUT2D eigenvalue weighted by Crippen LogP contribution is -2.41. The summed E-state index contributed by atoms with van der Waals surface area (Å²) in [5, 5.41) is 3.19. The summed E-state index contributed by atoms with van der Waals surface area (Å²) in [7, 11) is 1.98. The summed E-state index contributed by atoms with van der Waals surface area (Å²) in [4.78, 5) is 13.6. The molecule has 0 aromatic rings. The molecule has 16 heavy (non-hydrogen) atoms. The summed E-state index contributed by atoms with van der Waals surface area (Å²) in [6.07, 6.45) is 2.93. The lowest BCUT2D eigenvalue weighted by molar-refractivity contribution is 0.0581. The third kappa shape index (κ3) is 4.00. The minimum Gasteiger partial charge on any atom is -0.446 e. The van der Waals surface area contributed by atoms with Gasteiger partial charge in [0.05, 0.1) is 0 Å². The van der Waals surface area contributed by atoms with Crippen LogP contribution in [0, 0.1) is 5.92 Å². The first kappa shape index (κ1) is 13.3. The van der Waals surface area contributed by atoms with Crippen LogP contribution in [0.25, 0.3) is 0 Å². The number of rotatable bonds is 4. The number of nitrogens with zero attached hydrogens (tertiary/aromatic N) is 1. The minimum atomic E-state index is -0.141. The molecule has 1 saturated heterocycles. The van der Waals surface area contributed by atoms with E-state index in [0.29, 0.717) is 5.92 Å². The number of carbonyl (C=O) groups excluding carboxylic acids is 1. The first-order valence-corrected chi connectivity index (χ1v) is 6.27. The van der Waals surface area contributed by atoms with Gasteiger partial charge in [-0.05, 0) is 45.7 Å². The number of piperidine rings is 1. The molecule has 0 bridgehead atoms. The van der Waals surface area contributed by atoms with Crippen molar-refractivity contribution in [2.24, 2.45) is 5.92 Å². The van der Waals surface area contributed by atoms with Crippen molar-refractivity contribution in [2.75, 3.05) is 26.7 Å². The monoisotopic (exact) mass is 228 g/mol. The van der Waals surface area contributed by atoms with Gasteiger partial charge >= 0.3 is 6.09 Å². The molecule has 1 rings (SSSR count). The smallest absolute Gasteiger partial charge is 0.410 e. The molecule has 1 amide bonds. The Bertz CT molecular complexity index is 213. The molecule has 4 heteroatoms. The average Bonchev–Trinajstić information content (AvgIpc) is 2.30. The Kier molecular flexibility index (Phi) is 5.60. The molecule has 4 nitrogen and oxygen atoms in total. The van der Waals surface area contributed by atoms with Crippen LogP contribution in [0.5, 0.6) is 0 Å². The third-order valence-electron chi connectivity index (χ3n) is 3.24. The Morgan fingerprint density at radius 2 is 2.12 bits per heavy atom. The van der Waals surface area contributed by atoms with Crippen LogP contribution in [0.1, 0.15) is 33.1 Å². The van der Waals surface area contributed by atoms with Gasteiger partial charge in [-0.25, -0.2) is 4.79 Å². The molecule has 1 unspecified atom stereocenters. The second-order valence-electron chi connectivity index (χ2n) is 4.59. The van der Waals surface area contributed by atoms with Crippen molar-refractivity contribution < 1.29 is 9.53 Å². The minimum absolute atomic E-state index is 0.0301. The first-order valence-electron chi connectivity index (χ1n) is 6.27. The van der Waals surface area contributed by atoms with E-state index in [1.165, 1.54) is 0 Å². The van der Waals surface area contributed by atoms with Crippen LogP contribution < -0.4 is 5.32 Å². The van der Waals surface area contributed by atoms with Crippen LogP contribution >= 0.6 is 0 Å². The van der Waals surface area contributed by atoms with Gasteiger partial charge in [0.15, 0.2) is 0 Å². The van der Waals surface area contributed by atoms with Gasteiger partial charge in [-0.15, -0.1) is 0 Å². The van der Waals surface area contributed by atoms with Crippen LogP contribution in [-0.4, -0.2) is 43.8 Å². The molecule has 0 aromatic carbocycles. The summed E-state index contributed by atoms with van der Waals surface area (Å²) in [5.41, 5.74) is 0. The Labute approximate surface area is 98.3 Å². The summed E-state index contributed by atoms with van der Waals surface area (Å²) in [6.45, 7) is 6.68. The van der Waals surface area contributed by atoms with Crippen molar-refractivity contribution in [3.8, 4) is 0 Å². The summed E-state index contributed by atoms with van der Waals surface area (Å²) < 4.78 is 5.31. The Morgan fingerprint density at radius 3 is 2.62 bits per heavy atom. The lowest BCUT2D eigenvalue weighted by Gasteiger charge is -2.31. The van der Waals surface area contributed by atoms with Crippen LogP contribution in [0.3, 0.4) is 0 Å². The van der Waals surface area contributed by atoms with Gasteiger partial charge in [0.25, 0.3) is 0 Å². The number of ether oxygens (including phenoxy) is 1. The maximum absolute atomic E-state index is 11.7. The normalized spacial score (nSPS) is 19.6. The van der Waals surface area contributed by atoms with E-state index in [9.17, 15) is 4.79 Å². The number of likely N-dealkylation sites (tertiary alicyclic amines) is 1. The zero-order chi connectivity index (χ0) is 12.0. The van der Waals surface area contributed by atoms with Crippen LogP contribution in [0.2, 0.25) is 0 Å². The number of hydrogen-bond donors (Lipinski definition) is 1. The Balaban J connectivity index is 2.27. The highest BCUT2D eigenvalue weighted by Crippen LogP contribution is 2.17. The van der Waals surface area contributed by atoms with Gasteiger partial charge in [-0.2, -0.15) is 0 Å². The fourth-order valence-corrected chi connectivity index (χ4v) is 1.94. The van der Waals surface area contributed by atoms with Crippen molar-refractivity contribution >= 4 is 6.09 Å². The molecule has 1 aliphatic heterocycles. The van der Waals surface area contributed by atoms with E-state index in [-0.39, 0.29) is 12.2 Å². The Hall–Kier alpha value is -0.770. The molecule has 1 atom stereocenters. The molecule has 1 N–H and O–H groups in total. The van der Waals surface area contributed by atoms with E-state index in [4.69, 9.17) is 4.74 Å². The molecule has 1 aliphatic rings. The average molecular weight is 228 g/mol. The second kappa shape index (κ2) is 6.74. The molecule has 1 fully saturated rings. The number of amides is 1. The van der Waals surface area contributed by atoms with E-state index in [1.807, 2.05) is 25.8 Å². The lowest BCUT2D eigenvalue weighted by atomic mass is 9.97. The van der Waals surface area contributed by atoms with Crippen LogP contribution in [0.15, 0.2) is 0 Å². The zero-order valence-corrected chi connectivity index (χ0v) is 10.7. The predicted molar refractivity (Wildman–Crippen MR) is 64.5 cm³/mol. The van der Waals surface area contributed by atoms with Crippen molar-refractivity contribution in [1.82, 2.24) is 10.2 Å². The predicted octanol–water partition coefficient (Wildman–Crippen LogP) is 1.85. The zero-order valence-electron chi connectivity index (χ0n) is 10.7. The molecule has 0 spiro atoms. The fraction of sp³-hybridized carbons (Fsp3) is 0.917. The van der Waals surface area contributed by atoms with Gasteiger partial charge in [0.1, 0.15) is 6.10 Å². The maximum Gasteiger partial charge on any atom is 0.410 e. The molecular weight excluding hydrogens is 204 g/mol. The highest BCUT2D eigenvalue weighted by molar-refractivity contribution is 5.67. The maximum atomic E-state index is 11.7. The van der Waals surface area contributed by atoms with E-state index < -0.39 is 0 Å². The second-order valence-corrected chi connectivity index (χ2v) is 4.59. The largest absolute Gasteiger partial charge is 0.446 e. The van der Waals surface area contributed by atoms with E-state index in [2.05, 4.69) is 5.32 Å². The standard InChI is InChI=1S/C12H24N2O2/c1-4-10(2)16-12(15)14-7-5-11(6-8-14)9-13-3/h10-11,13H,4-9H2,1-3H3. The van der Waals surface area contributed by atoms with Crippen molar-refractivity contribution in [2.45, 2.75) is 39.2 Å². The molecule has 0 aliphatic carbocycles. The molecule has 94 valence electrons.